The van der Waals surface area contributed by atoms with Crippen molar-refractivity contribution >= 4 is 33.3 Å². The molecule has 0 atom stereocenters. The van der Waals surface area contributed by atoms with Crippen LogP contribution in [-0.2, 0) is 0 Å². The zero-order valence-corrected chi connectivity index (χ0v) is 19.5. The monoisotopic (exact) mass is 428 g/mol. The van der Waals surface area contributed by atoms with Gasteiger partial charge in [-0.15, -0.1) is 11.3 Å². The number of rotatable bonds is 5. The molecule has 154 valence electrons. The minimum Gasteiger partial charge on any atom is -0.325 e. The number of fused-ring (bicyclic) bond motifs is 1. The minimum absolute atomic E-state index is 0.0570. The topological polar surface area (TPSA) is 34.9 Å². The lowest BCUT2D eigenvalue weighted by atomic mass is 10.1. The summed E-state index contributed by atoms with van der Waals surface area (Å²) in [5.74, 6) is 0.976. The molecule has 3 aromatic rings. The van der Waals surface area contributed by atoms with Crippen LogP contribution in [0.5, 0.6) is 0 Å². The van der Waals surface area contributed by atoms with Crippen molar-refractivity contribution in [3.05, 3.63) is 50.6 Å². The van der Waals surface area contributed by atoms with Crippen molar-refractivity contribution < 1.29 is 4.48 Å². The predicted molar refractivity (Wildman–Crippen MR) is 125 cm³/mol. The van der Waals surface area contributed by atoms with E-state index in [1.165, 1.54) is 42.8 Å². The number of hydrogen-bond donors (Lipinski definition) is 0. The van der Waals surface area contributed by atoms with Crippen LogP contribution in [0.3, 0.4) is 0 Å². The summed E-state index contributed by atoms with van der Waals surface area (Å²) in [6, 6.07) is 8.18. The van der Waals surface area contributed by atoms with E-state index in [1.807, 2.05) is 23.6 Å². The molecule has 1 aromatic carbocycles. The maximum Gasteiger partial charge on any atom is 0.267 e. The van der Waals surface area contributed by atoms with Gasteiger partial charge in [0, 0.05) is 4.88 Å². The van der Waals surface area contributed by atoms with Crippen molar-refractivity contribution in [2.24, 2.45) is 0 Å². The van der Waals surface area contributed by atoms with Crippen molar-refractivity contribution in [1.29, 1.82) is 0 Å². The first-order valence-electron chi connectivity index (χ1n) is 10.4. The largest absolute Gasteiger partial charge is 0.325 e. The molecule has 0 unspecified atom stereocenters. The van der Waals surface area contributed by atoms with Gasteiger partial charge < -0.3 is 4.48 Å². The second-order valence-corrected chi connectivity index (χ2v) is 10.8. The van der Waals surface area contributed by atoms with E-state index >= 15 is 0 Å². The third-order valence-electron chi connectivity index (χ3n) is 6.22. The van der Waals surface area contributed by atoms with Crippen LogP contribution in [0.25, 0.3) is 15.9 Å². The van der Waals surface area contributed by atoms with Crippen molar-refractivity contribution in [2.75, 3.05) is 32.4 Å². The standard InChI is InChI=1S/C23H30N3OS2/c1-16-8-10-19(11-9-16)25-22(27)20-17(2)18(3)29-21(20)24-23(25)28-15-14-26(4)12-6-5-7-13-26/h8-11H,5-7,12-15H2,1-4H3/q+1. The lowest BCUT2D eigenvalue weighted by Crippen LogP contribution is -2.49. The quantitative estimate of drug-likeness (QED) is 0.322. The molecular weight excluding hydrogens is 398 g/mol. The molecule has 1 aliphatic heterocycles. The van der Waals surface area contributed by atoms with Crippen LogP contribution < -0.4 is 5.56 Å². The van der Waals surface area contributed by atoms with E-state index < -0.39 is 0 Å². The fraction of sp³-hybridized carbons (Fsp3) is 0.478. The molecule has 0 aliphatic carbocycles. The number of aryl methyl sites for hydroxylation is 3. The third kappa shape index (κ3) is 4.16. The van der Waals surface area contributed by atoms with Crippen molar-refractivity contribution in [3.8, 4) is 5.69 Å². The summed E-state index contributed by atoms with van der Waals surface area (Å²) in [4.78, 5) is 20.5. The van der Waals surface area contributed by atoms with Crippen molar-refractivity contribution in [2.45, 2.75) is 45.2 Å². The van der Waals surface area contributed by atoms with E-state index in [-0.39, 0.29) is 5.56 Å². The number of thioether (sulfide) groups is 1. The van der Waals surface area contributed by atoms with E-state index in [9.17, 15) is 4.79 Å². The van der Waals surface area contributed by atoms with Crippen LogP contribution in [-0.4, -0.2) is 46.5 Å². The molecule has 0 spiro atoms. The maximum absolute atomic E-state index is 13.5. The normalized spacial score (nSPS) is 16.4. The van der Waals surface area contributed by atoms with Crippen LogP contribution in [0.4, 0.5) is 0 Å². The zero-order valence-electron chi connectivity index (χ0n) is 17.8. The number of hydrogen-bond acceptors (Lipinski definition) is 4. The Morgan fingerprint density at radius 3 is 2.48 bits per heavy atom. The summed E-state index contributed by atoms with van der Waals surface area (Å²) in [6.45, 7) is 9.83. The Bertz CT molecular complexity index is 1080. The second-order valence-electron chi connectivity index (χ2n) is 8.53. The highest BCUT2D eigenvalue weighted by Gasteiger charge is 2.25. The van der Waals surface area contributed by atoms with Gasteiger partial charge in [-0.25, -0.2) is 4.98 Å². The van der Waals surface area contributed by atoms with Gasteiger partial charge in [0.05, 0.1) is 43.5 Å². The molecule has 1 aliphatic rings. The zero-order chi connectivity index (χ0) is 20.6. The van der Waals surface area contributed by atoms with Gasteiger partial charge in [-0.05, 0) is 57.7 Å². The summed E-state index contributed by atoms with van der Waals surface area (Å²) in [5, 5.41) is 1.59. The summed E-state index contributed by atoms with van der Waals surface area (Å²) < 4.78 is 2.96. The molecule has 0 amide bonds. The van der Waals surface area contributed by atoms with Crippen LogP contribution in [0, 0.1) is 20.8 Å². The number of benzene rings is 1. The summed E-state index contributed by atoms with van der Waals surface area (Å²) in [7, 11) is 2.37. The van der Waals surface area contributed by atoms with E-state index in [0.717, 1.165) is 43.4 Å². The van der Waals surface area contributed by atoms with Gasteiger partial charge >= 0.3 is 0 Å². The molecule has 29 heavy (non-hydrogen) atoms. The van der Waals surface area contributed by atoms with E-state index in [1.54, 1.807) is 23.1 Å². The number of likely N-dealkylation sites (tertiary alicyclic amines) is 1. The highest BCUT2D eigenvalue weighted by molar-refractivity contribution is 7.99. The molecule has 2 aromatic heterocycles. The Balaban J connectivity index is 1.72. The summed E-state index contributed by atoms with van der Waals surface area (Å²) in [5.41, 5.74) is 3.21. The molecule has 4 rings (SSSR count). The second kappa shape index (κ2) is 8.25. The Hall–Kier alpha value is -1.63. The lowest BCUT2D eigenvalue weighted by molar-refractivity contribution is -0.911. The average Bonchev–Trinajstić information content (AvgIpc) is 2.97. The first-order chi connectivity index (χ1) is 13.9. The van der Waals surface area contributed by atoms with Gasteiger partial charge in [0.25, 0.3) is 5.56 Å². The van der Waals surface area contributed by atoms with E-state index in [2.05, 4.69) is 33.0 Å². The number of quaternary nitrogens is 1. The molecule has 0 bridgehead atoms. The Kier molecular flexibility index (Phi) is 5.87. The van der Waals surface area contributed by atoms with E-state index in [0.29, 0.717) is 0 Å². The van der Waals surface area contributed by atoms with Gasteiger partial charge in [-0.3, -0.25) is 9.36 Å². The third-order valence-corrected chi connectivity index (χ3v) is 8.24. The van der Waals surface area contributed by atoms with Crippen molar-refractivity contribution in [1.82, 2.24) is 9.55 Å². The van der Waals surface area contributed by atoms with E-state index in [4.69, 9.17) is 4.98 Å². The molecular formula is C23H30N3OS2+. The van der Waals surface area contributed by atoms with Crippen LogP contribution in [0.15, 0.2) is 34.2 Å². The molecule has 0 N–H and O–H groups in total. The SMILES string of the molecule is Cc1ccc(-n2c(SCC[N+]3(C)CCCCC3)nc3sc(C)c(C)c3c2=O)cc1. The Morgan fingerprint density at radius 2 is 1.79 bits per heavy atom. The minimum atomic E-state index is 0.0570. The molecule has 6 heteroatoms. The molecule has 4 nitrogen and oxygen atoms in total. The maximum atomic E-state index is 13.5. The number of nitrogens with zero attached hydrogens (tertiary/aromatic N) is 3. The Morgan fingerprint density at radius 1 is 1.10 bits per heavy atom. The van der Waals surface area contributed by atoms with Crippen LogP contribution >= 0.6 is 23.1 Å². The average molecular weight is 429 g/mol. The van der Waals surface area contributed by atoms with Crippen LogP contribution in [0.1, 0.15) is 35.3 Å². The smallest absolute Gasteiger partial charge is 0.267 e. The molecule has 3 heterocycles. The van der Waals surface area contributed by atoms with Gasteiger partial charge in [0.2, 0.25) is 0 Å². The van der Waals surface area contributed by atoms with Crippen LogP contribution in [0.2, 0.25) is 0 Å². The highest BCUT2D eigenvalue weighted by Crippen LogP contribution is 2.30. The summed E-state index contributed by atoms with van der Waals surface area (Å²) in [6.07, 6.45) is 4.02. The highest BCUT2D eigenvalue weighted by atomic mass is 32.2. The number of aromatic nitrogens is 2. The molecule has 0 radical (unpaired) electrons. The number of piperidine rings is 1. The van der Waals surface area contributed by atoms with Gasteiger partial charge in [0.1, 0.15) is 4.83 Å². The van der Waals surface area contributed by atoms with Gasteiger partial charge in [-0.1, -0.05) is 29.5 Å². The lowest BCUT2D eigenvalue weighted by Gasteiger charge is -2.37. The first kappa shape index (κ1) is 20.6. The van der Waals surface area contributed by atoms with Gasteiger partial charge in [-0.2, -0.15) is 0 Å². The number of thiophene rings is 1. The first-order valence-corrected chi connectivity index (χ1v) is 12.2. The fourth-order valence-electron chi connectivity index (χ4n) is 4.15. The summed E-state index contributed by atoms with van der Waals surface area (Å²) >= 11 is 3.36. The predicted octanol–water partition coefficient (Wildman–Crippen LogP) is 5.10. The molecule has 1 fully saturated rings. The Labute approximate surface area is 181 Å². The van der Waals surface area contributed by atoms with Gasteiger partial charge in [0.15, 0.2) is 5.16 Å². The fourth-order valence-corrected chi connectivity index (χ4v) is 6.42. The molecule has 0 saturated carbocycles. The van der Waals surface area contributed by atoms with Crippen molar-refractivity contribution in [3.63, 3.8) is 0 Å². The molecule has 1 saturated heterocycles.